The third-order valence-corrected chi connectivity index (χ3v) is 5.94. The maximum Gasteiger partial charge on any atom is 0.251 e. The number of nitrogens with zero attached hydrogens (tertiary/aromatic N) is 4. The zero-order valence-electron chi connectivity index (χ0n) is 19.2. The first-order valence-electron chi connectivity index (χ1n) is 11.5. The monoisotopic (exact) mass is 468 g/mol. The highest BCUT2D eigenvalue weighted by Crippen LogP contribution is 2.31. The van der Waals surface area contributed by atoms with Crippen molar-refractivity contribution in [1.29, 1.82) is 0 Å². The fourth-order valence-electron chi connectivity index (χ4n) is 4.06. The lowest BCUT2D eigenvalue weighted by molar-refractivity contribution is -0.115. The lowest BCUT2D eigenvalue weighted by Crippen LogP contribution is -2.12. The first-order valence-corrected chi connectivity index (χ1v) is 11.5. The first kappa shape index (κ1) is 21.2. The van der Waals surface area contributed by atoms with E-state index in [9.17, 15) is 4.79 Å². The van der Waals surface area contributed by atoms with E-state index in [1.807, 2.05) is 49.4 Å². The molecule has 1 saturated carbocycles. The van der Waals surface area contributed by atoms with Crippen molar-refractivity contribution in [1.82, 2.24) is 25.1 Å². The van der Waals surface area contributed by atoms with Gasteiger partial charge in [0.25, 0.3) is 5.91 Å². The van der Waals surface area contributed by atoms with Crippen LogP contribution in [0.2, 0.25) is 0 Å². The van der Waals surface area contributed by atoms with Gasteiger partial charge in [0, 0.05) is 47.0 Å². The largest absolute Gasteiger partial charge is 0.487 e. The molecule has 4 heterocycles. The Hall–Kier alpha value is -4.40. The van der Waals surface area contributed by atoms with Gasteiger partial charge in [0.1, 0.15) is 29.6 Å². The summed E-state index contributed by atoms with van der Waals surface area (Å²) in [6.07, 6.45) is 6.33. The summed E-state index contributed by atoms with van der Waals surface area (Å²) in [6.45, 7) is 6.02. The molecule has 1 saturated heterocycles. The highest BCUT2D eigenvalue weighted by molar-refractivity contribution is 6.02. The molecule has 0 bridgehead atoms. The second kappa shape index (κ2) is 8.43. The summed E-state index contributed by atoms with van der Waals surface area (Å²) in [5.74, 6) is 2.19. The molecule has 1 amide bonds. The highest BCUT2D eigenvalue weighted by atomic mass is 16.5. The van der Waals surface area contributed by atoms with E-state index >= 15 is 0 Å². The molecular formula is C26H24N6O3. The van der Waals surface area contributed by atoms with Gasteiger partial charge < -0.3 is 19.9 Å². The third-order valence-electron chi connectivity index (χ3n) is 5.94. The fraction of sp³-hybridized carbons (Fsp3) is 0.231. The first-order chi connectivity index (χ1) is 17.0. The average molecular weight is 469 g/mol. The Balaban J connectivity index is 1.37. The minimum absolute atomic E-state index is 0.131. The van der Waals surface area contributed by atoms with E-state index < -0.39 is 0 Å². The minimum atomic E-state index is -0.131. The van der Waals surface area contributed by atoms with Gasteiger partial charge in [0.2, 0.25) is 0 Å². The normalized spacial score (nSPS) is 16.8. The molecule has 6 rings (SSSR count). The molecule has 1 aliphatic carbocycles. The number of amides is 1. The quantitative estimate of drug-likeness (QED) is 0.390. The fourth-order valence-corrected chi connectivity index (χ4v) is 4.06. The van der Waals surface area contributed by atoms with E-state index in [0.29, 0.717) is 41.7 Å². The van der Waals surface area contributed by atoms with Crippen LogP contribution in [0.15, 0.2) is 65.0 Å². The van der Waals surface area contributed by atoms with Gasteiger partial charge in [-0.15, -0.1) is 0 Å². The number of aromatic nitrogens is 4. The van der Waals surface area contributed by atoms with Gasteiger partial charge in [-0.1, -0.05) is 23.9 Å². The third kappa shape index (κ3) is 4.40. The van der Waals surface area contributed by atoms with Gasteiger partial charge in [0.05, 0.1) is 11.9 Å². The average Bonchev–Trinajstić information content (AvgIpc) is 3.26. The number of hydrogen-bond donors (Lipinski definition) is 2. The Bertz CT molecular complexity index is 1490. The van der Waals surface area contributed by atoms with E-state index in [1.165, 1.54) is 0 Å². The summed E-state index contributed by atoms with van der Waals surface area (Å²) in [5, 5.41) is 14.8. The summed E-state index contributed by atoms with van der Waals surface area (Å²) < 4.78 is 12.8. The summed E-state index contributed by atoms with van der Waals surface area (Å²) in [7, 11) is 0. The topological polar surface area (TPSA) is 107 Å². The van der Waals surface area contributed by atoms with Crippen molar-refractivity contribution in [2.45, 2.75) is 38.8 Å². The van der Waals surface area contributed by atoms with Gasteiger partial charge in [-0.3, -0.25) is 4.79 Å². The minimum Gasteiger partial charge on any atom is -0.487 e. The molecule has 2 aliphatic rings. The molecule has 0 unspecified atom stereocenters. The van der Waals surface area contributed by atoms with Gasteiger partial charge in [-0.05, 0) is 38.0 Å². The Labute approximate surface area is 201 Å². The maximum atomic E-state index is 12.2. The van der Waals surface area contributed by atoms with Crippen molar-refractivity contribution in [3.8, 4) is 17.0 Å². The van der Waals surface area contributed by atoms with Crippen LogP contribution in [-0.2, 0) is 11.4 Å². The smallest absolute Gasteiger partial charge is 0.251 e. The molecule has 0 radical (unpaired) electrons. The van der Waals surface area contributed by atoms with Crippen LogP contribution < -0.4 is 15.4 Å². The highest BCUT2D eigenvalue weighted by Gasteiger charge is 2.24. The summed E-state index contributed by atoms with van der Waals surface area (Å²) >= 11 is 0. The number of ether oxygens (including phenoxy) is 1. The molecule has 1 aliphatic heterocycles. The molecule has 4 aromatic rings. The van der Waals surface area contributed by atoms with Crippen LogP contribution in [0.1, 0.15) is 36.3 Å². The zero-order valence-corrected chi connectivity index (χ0v) is 19.2. The maximum absolute atomic E-state index is 12.2. The van der Waals surface area contributed by atoms with Crippen molar-refractivity contribution in [3.05, 3.63) is 77.5 Å². The van der Waals surface area contributed by atoms with Crippen LogP contribution in [-0.4, -0.2) is 31.7 Å². The molecule has 9 nitrogen and oxygen atoms in total. The van der Waals surface area contributed by atoms with Crippen molar-refractivity contribution in [2.75, 3.05) is 5.32 Å². The lowest BCUT2D eigenvalue weighted by atomic mass is 10.1. The van der Waals surface area contributed by atoms with E-state index in [-0.39, 0.29) is 5.91 Å². The molecule has 2 fully saturated rings. The van der Waals surface area contributed by atoms with E-state index in [1.54, 1.807) is 10.7 Å². The zero-order chi connectivity index (χ0) is 23.9. The van der Waals surface area contributed by atoms with Crippen LogP contribution >= 0.6 is 0 Å². The molecule has 0 atom stereocenters. The van der Waals surface area contributed by atoms with Crippen LogP contribution in [0.25, 0.3) is 23.0 Å². The standard InChI is InChI=1S/C26H24N6O3/c1-15-8-18(26(33)28-15)10-19-13-27-32-24(29-20-6-7-20)12-23(30-25(19)32)17-4-3-5-22(11-17)34-14-21-9-16(2)35-31-21/h3-5,9-13,20,29H,1,6-8,14H2,2H3,(H,28,33)/b18-10+. The lowest BCUT2D eigenvalue weighted by Gasteiger charge is -2.11. The van der Waals surface area contributed by atoms with Gasteiger partial charge in [0.15, 0.2) is 5.65 Å². The van der Waals surface area contributed by atoms with Gasteiger partial charge in [-0.25, -0.2) is 4.98 Å². The van der Waals surface area contributed by atoms with Crippen LogP contribution in [0.3, 0.4) is 0 Å². The summed E-state index contributed by atoms with van der Waals surface area (Å²) in [6, 6.07) is 12.1. The van der Waals surface area contributed by atoms with Gasteiger partial charge in [-0.2, -0.15) is 9.61 Å². The summed E-state index contributed by atoms with van der Waals surface area (Å²) in [5.41, 5.74) is 5.22. The summed E-state index contributed by atoms with van der Waals surface area (Å²) in [4.78, 5) is 17.2. The number of fused-ring (bicyclic) bond motifs is 1. The number of carbonyl (C=O) groups excluding carboxylic acids is 1. The molecule has 2 N–H and O–H groups in total. The predicted octanol–water partition coefficient (Wildman–Crippen LogP) is 4.26. The molecule has 35 heavy (non-hydrogen) atoms. The molecule has 0 spiro atoms. The number of aryl methyl sites for hydroxylation is 1. The number of carbonyl (C=O) groups is 1. The number of anilines is 1. The molecule has 1 aromatic carbocycles. The Morgan fingerprint density at radius 2 is 2.20 bits per heavy atom. The number of nitrogens with one attached hydrogen (secondary N) is 2. The molecule has 3 aromatic heterocycles. The van der Waals surface area contributed by atoms with E-state index in [4.69, 9.17) is 14.2 Å². The van der Waals surface area contributed by atoms with E-state index in [0.717, 1.165) is 46.9 Å². The molecular weight excluding hydrogens is 444 g/mol. The Morgan fingerprint density at radius 1 is 1.31 bits per heavy atom. The second-order valence-corrected chi connectivity index (χ2v) is 8.93. The van der Waals surface area contributed by atoms with Crippen molar-refractivity contribution < 1.29 is 14.1 Å². The van der Waals surface area contributed by atoms with E-state index in [2.05, 4.69) is 27.5 Å². The van der Waals surface area contributed by atoms with Crippen LogP contribution in [0.4, 0.5) is 5.82 Å². The molecule has 9 heteroatoms. The SMILES string of the molecule is C=C1C/C(=C\c2cnn3c(NC4CC4)cc(-c4cccc(OCc5cc(C)on5)c4)nc23)C(=O)N1. The Morgan fingerprint density at radius 3 is 2.94 bits per heavy atom. The number of rotatable bonds is 7. The second-order valence-electron chi connectivity index (χ2n) is 8.93. The number of benzene rings is 1. The predicted molar refractivity (Wildman–Crippen MR) is 131 cm³/mol. The van der Waals surface area contributed by atoms with Gasteiger partial charge >= 0.3 is 0 Å². The number of allylic oxidation sites excluding steroid dienone is 1. The van der Waals surface area contributed by atoms with Crippen molar-refractivity contribution in [2.24, 2.45) is 0 Å². The van der Waals surface area contributed by atoms with Crippen molar-refractivity contribution >= 4 is 23.4 Å². The van der Waals surface area contributed by atoms with Crippen LogP contribution in [0, 0.1) is 6.92 Å². The Kier molecular flexibility index (Phi) is 5.09. The molecule has 176 valence electrons. The van der Waals surface area contributed by atoms with Crippen LogP contribution in [0.5, 0.6) is 5.75 Å². The van der Waals surface area contributed by atoms with Crippen molar-refractivity contribution in [3.63, 3.8) is 0 Å². The number of hydrogen-bond acceptors (Lipinski definition) is 7.